The number of likely N-dealkylation sites (tertiary alicyclic amines) is 1. The van der Waals surface area contributed by atoms with E-state index in [9.17, 15) is 4.79 Å². The van der Waals surface area contributed by atoms with Crippen LogP contribution < -0.4 is 5.73 Å². The number of carbonyl (C=O) groups excluding carboxylic acids is 1. The number of carbonyl (C=O) groups is 1. The van der Waals surface area contributed by atoms with Crippen molar-refractivity contribution < 1.29 is 9.53 Å². The molecule has 0 bridgehead atoms. The van der Waals surface area contributed by atoms with Gasteiger partial charge in [0.25, 0.3) is 0 Å². The number of rotatable bonds is 5. The Labute approximate surface area is 101 Å². The summed E-state index contributed by atoms with van der Waals surface area (Å²) in [6.45, 7) is 1.84. The van der Waals surface area contributed by atoms with Crippen LogP contribution >= 0.6 is 0 Å². The highest BCUT2D eigenvalue weighted by Crippen LogP contribution is 2.30. The molecule has 1 aliphatic rings. The molecule has 1 aromatic rings. The van der Waals surface area contributed by atoms with E-state index in [4.69, 9.17) is 10.5 Å². The topological polar surface area (TPSA) is 71.3 Å². The van der Waals surface area contributed by atoms with Gasteiger partial charge in [-0.25, -0.2) is 0 Å². The Balaban J connectivity index is 1.93. The molecule has 1 fully saturated rings. The zero-order chi connectivity index (χ0) is 12.1. The number of aromatic nitrogens is 1. The number of ether oxygens (including phenoxy) is 1. The molecule has 3 N–H and O–H groups in total. The lowest BCUT2D eigenvalue weighted by Gasteiger charge is -2.23. The molecule has 1 saturated heterocycles. The molecule has 5 nitrogen and oxygen atoms in total. The summed E-state index contributed by atoms with van der Waals surface area (Å²) in [6, 6.07) is 4.16. The van der Waals surface area contributed by atoms with Crippen LogP contribution in [0.2, 0.25) is 0 Å². The summed E-state index contributed by atoms with van der Waals surface area (Å²) in [5.74, 6) is 0.0514. The lowest BCUT2D eigenvalue weighted by atomic mass is 10.1. The Hall–Kier alpha value is -1.33. The molecule has 94 valence electrons. The van der Waals surface area contributed by atoms with Gasteiger partial charge in [0.1, 0.15) is 6.61 Å². The molecular formula is C12H19N3O2. The molecule has 0 saturated carbocycles. The quantitative estimate of drug-likeness (QED) is 0.739. The van der Waals surface area contributed by atoms with E-state index in [2.05, 4.69) is 4.98 Å². The van der Waals surface area contributed by atoms with E-state index >= 15 is 0 Å². The number of amides is 1. The lowest BCUT2D eigenvalue weighted by molar-refractivity contribution is -0.137. The van der Waals surface area contributed by atoms with Crippen molar-refractivity contribution in [3.05, 3.63) is 24.0 Å². The van der Waals surface area contributed by atoms with Crippen molar-refractivity contribution in [2.45, 2.75) is 18.9 Å². The zero-order valence-electron chi connectivity index (χ0n) is 9.89. The van der Waals surface area contributed by atoms with Gasteiger partial charge in [-0.15, -0.1) is 0 Å². The van der Waals surface area contributed by atoms with Crippen molar-refractivity contribution in [2.24, 2.45) is 5.73 Å². The Kier molecular flexibility index (Phi) is 4.17. The Morgan fingerprint density at radius 2 is 2.53 bits per heavy atom. The lowest BCUT2D eigenvalue weighted by Crippen LogP contribution is -2.34. The largest absolute Gasteiger partial charge is 0.370 e. The highest BCUT2D eigenvalue weighted by Gasteiger charge is 2.30. The Morgan fingerprint density at radius 3 is 3.24 bits per heavy atom. The van der Waals surface area contributed by atoms with Gasteiger partial charge in [-0.1, -0.05) is 0 Å². The predicted molar refractivity (Wildman–Crippen MR) is 64.4 cm³/mol. The van der Waals surface area contributed by atoms with E-state index in [0.717, 1.165) is 25.1 Å². The molecule has 0 spiro atoms. The van der Waals surface area contributed by atoms with E-state index in [1.807, 2.05) is 23.2 Å². The van der Waals surface area contributed by atoms with Gasteiger partial charge in [0.15, 0.2) is 0 Å². The first-order valence-corrected chi connectivity index (χ1v) is 6.03. The summed E-state index contributed by atoms with van der Waals surface area (Å²) < 4.78 is 5.20. The number of nitrogens with two attached hydrogens (primary N) is 1. The summed E-state index contributed by atoms with van der Waals surface area (Å²) in [5, 5.41) is 0. The van der Waals surface area contributed by atoms with E-state index in [1.54, 1.807) is 0 Å². The van der Waals surface area contributed by atoms with Crippen molar-refractivity contribution >= 4 is 5.91 Å². The number of hydrogen-bond acceptors (Lipinski definition) is 3. The van der Waals surface area contributed by atoms with Crippen molar-refractivity contribution in [3.63, 3.8) is 0 Å². The SMILES string of the molecule is NCCOCC(=O)N1CCCC1c1ccc[nH]1. The number of hydrogen-bond donors (Lipinski definition) is 2. The van der Waals surface area contributed by atoms with Crippen molar-refractivity contribution in [1.29, 1.82) is 0 Å². The summed E-state index contributed by atoms with van der Waals surface area (Å²) >= 11 is 0. The van der Waals surface area contributed by atoms with Gasteiger partial charge in [0, 0.05) is 25.0 Å². The minimum absolute atomic E-state index is 0.0514. The number of aromatic amines is 1. The van der Waals surface area contributed by atoms with Gasteiger partial charge in [-0.2, -0.15) is 0 Å². The maximum absolute atomic E-state index is 12.0. The monoisotopic (exact) mass is 237 g/mol. The fourth-order valence-corrected chi connectivity index (χ4v) is 2.27. The van der Waals surface area contributed by atoms with Gasteiger partial charge in [0.2, 0.25) is 5.91 Å². The van der Waals surface area contributed by atoms with Crippen LogP contribution in [0.1, 0.15) is 24.6 Å². The first-order chi connectivity index (χ1) is 8.33. The fourth-order valence-electron chi connectivity index (χ4n) is 2.27. The first-order valence-electron chi connectivity index (χ1n) is 6.03. The van der Waals surface area contributed by atoms with Crippen LogP contribution in [0.15, 0.2) is 18.3 Å². The molecule has 1 atom stereocenters. The smallest absolute Gasteiger partial charge is 0.249 e. The predicted octanol–water partition coefficient (Wildman–Crippen LogP) is 0.653. The fraction of sp³-hybridized carbons (Fsp3) is 0.583. The average Bonchev–Trinajstić information content (AvgIpc) is 2.99. The van der Waals surface area contributed by atoms with Crippen molar-refractivity contribution in [3.8, 4) is 0 Å². The minimum Gasteiger partial charge on any atom is -0.370 e. The van der Waals surface area contributed by atoms with Crippen LogP contribution in [-0.4, -0.2) is 42.1 Å². The molecule has 0 aliphatic carbocycles. The molecule has 0 radical (unpaired) electrons. The van der Waals surface area contributed by atoms with Crippen LogP contribution in [0.25, 0.3) is 0 Å². The summed E-state index contributed by atoms with van der Waals surface area (Å²) in [5.41, 5.74) is 6.42. The number of nitrogens with zero attached hydrogens (tertiary/aromatic N) is 1. The third-order valence-electron chi connectivity index (χ3n) is 3.04. The summed E-state index contributed by atoms with van der Waals surface area (Å²) in [7, 11) is 0. The summed E-state index contributed by atoms with van der Waals surface area (Å²) in [4.78, 5) is 17.0. The molecule has 17 heavy (non-hydrogen) atoms. The van der Waals surface area contributed by atoms with Gasteiger partial charge in [0.05, 0.1) is 12.6 Å². The van der Waals surface area contributed by atoms with Crippen LogP contribution in [-0.2, 0) is 9.53 Å². The van der Waals surface area contributed by atoms with Crippen molar-refractivity contribution in [2.75, 3.05) is 26.3 Å². The van der Waals surface area contributed by atoms with E-state index in [-0.39, 0.29) is 18.6 Å². The molecule has 0 aromatic carbocycles. The molecule has 2 heterocycles. The standard InChI is InChI=1S/C12H19N3O2/c13-5-8-17-9-12(16)15-7-2-4-11(15)10-3-1-6-14-10/h1,3,6,11,14H,2,4-5,7-9,13H2. The van der Waals surface area contributed by atoms with E-state index in [1.165, 1.54) is 0 Å². The van der Waals surface area contributed by atoms with E-state index in [0.29, 0.717) is 13.2 Å². The van der Waals surface area contributed by atoms with E-state index < -0.39 is 0 Å². The maximum Gasteiger partial charge on any atom is 0.249 e. The van der Waals surface area contributed by atoms with Crippen LogP contribution in [0.4, 0.5) is 0 Å². The number of nitrogens with one attached hydrogen (secondary N) is 1. The minimum atomic E-state index is 0.0514. The number of H-pyrrole nitrogens is 1. The molecule has 2 rings (SSSR count). The third-order valence-corrected chi connectivity index (χ3v) is 3.04. The second-order valence-corrected chi connectivity index (χ2v) is 4.21. The second kappa shape index (κ2) is 5.84. The van der Waals surface area contributed by atoms with Crippen LogP contribution in [0.5, 0.6) is 0 Å². The normalized spacial score (nSPS) is 19.8. The Morgan fingerprint density at radius 1 is 1.65 bits per heavy atom. The molecule has 5 heteroatoms. The molecule has 1 unspecified atom stereocenters. The zero-order valence-corrected chi connectivity index (χ0v) is 9.89. The Bertz CT molecular complexity index is 351. The average molecular weight is 237 g/mol. The van der Waals surface area contributed by atoms with Crippen LogP contribution in [0.3, 0.4) is 0 Å². The summed E-state index contributed by atoms with van der Waals surface area (Å²) in [6.07, 6.45) is 3.96. The maximum atomic E-state index is 12.0. The third kappa shape index (κ3) is 2.87. The molecule has 1 aromatic heterocycles. The van der Waals surface area contributed by atoms with Crippen molar-refractivity contribution in [1.82, 2.24) is 9.88 Å². The van der Waals surface area contributed by atoms with Gasteiger partial charge >= 0.3 is 0 Å². The van der Waals surface area contributed by atoms with Gasteiger partial charge in [-0.05, 0) is 25.0 Å². The van der Waals surface area contributed by atoms with Gasteiger partial charge in [-0.3, -0.25) is 4.79 Å². The molecule has 1 aliphatic heterocycles. The molecular weight excluding hydrogens is 218 g/mol. The highest BCUT2D eigenvalue weighted by molar-refractivity contribution is 5.78. The van der Waals surface area contributed by atoms with Gasteiger partial charge < -0.3 is 20.4 Å². The first kappa shape index (κ1) is 12.1. The van der Waals surface area contributed by atoms with Crippen LogP contribution in [0, 0.1) is 0 Å². The molecule has 1 amide bonds. The second-order valence-electron chi connectivity index (χ2n) is 4.21. The highest BCUT2D eigenvalue weighted by atomic mass is 16.5.